The van der Waals surface area contributed by atoms with E-state index in [-0.39, 0.29) is 0 Å². The summed E-state index contributed by atoms with van der Waals surface area (Å²) in [5.41, 5.74) is 2.88. The lowest BCUT2D eigenvalue weighted by atomic mass is 10.1. The number of sulfonamides is 1. The summed E-state index contributed by atoms with van der Waals surface area (Å²) in [4.78, 5) is 21.5. The van der Waals surface area contributed by atoms with Crippen LogP contribution in [0.4, 0.5) is 5.69 Å². The van der Waals surface area contributed by atoms with Crippen molar-refractivity contribution in [3.63, 3.8) is 0 Å². The number of carbonyl (C=O) groups excluding carboxylic acids is 1. The fourth-order valence-corrected chi connectivity index (χ4v) is 4.56. The molecular formula is C24H26N4O3S2. The Labute approximate surface area is 198 Å². The van der Waals surface area contributed by atoms with Gasteiger partial charge in [-0.05, 0) is 55.2 Å². The van der Waals surface area contributed by atoms with Crippen molar-refractivity contribution in [1.82, 2.24) is 14.7 Å². The summed E-state index contributed by atoms with van der Waals surface area (Å²) in [6.45, 7) is 1.81. The van der Waals surface area contributed by atoms with Crippen LogP contribution in [-0.2, 0) is 14.8 Å². The highest BCUT2D eigenvalue weighted by Crippen LogP contribution is 2.21. The maximum Gasteiger partial charge on any atom is 0.242 e. The summed E-state index contributed by atoms with van der Waals surface area (Å²) in [6.07, 6.45) is 5.44. The third-order valence-electron chi connectivity index (χ3n) is 4.67. The van der Waals surface area contributed by atoms with Crippen LogP contribution in [-0.4, -0.2) is 42.3 Å². The molecule has 1 heterocycles. The molecule has 0 saturated heterocycles. The minimum Gasteiger partial charge on any atom is -0.325 e. The van der Waals surface area contributed by atoms with Gasteiger partial charge in [0, 0.05) is 22.9 Å². The molecule has 2 N–H and O–H groups in total. The molecule has 3 rings (SSSR count). The smallest absolute Gasteiger partial charge is 0.242 e. The van der Waals surface area contributed by atoms with Gasteiger partial charge in [0.25, 0.3) is 0 Å². The topological polar surface area (TPSA) is 101 Å². The Hall–Kier alpha value is -3.01. The van der Waals surface area contributed by atoms with Crippen LogP contribution in [0.5, 0.6) is 0 Å². The summed E-state index contributed by atoms with van der Waals surface area (Å²) < 4.78 is 27.7. The van der Waals surface area contributed by atoms with Crippen molar-refractivity contribution in [1.29, 1.82) is 0 Å². The minimum absolute atomic E-state index is 0.357. The number of nitrogens with one attached hydrogen (secondary N) is 2. The highest BCUT2D eigenvalue weighted by Gasteiger charge is 2.23. The first-order valence-electron chi connectivity index (χ1n) is 10.3. The van der Waals surface area contributed by atoms with Crippen LogP contribution in [0, 0.1) is 6.92 Å². The van der Waals surface area contributed by atoms with Crippen molar-refractivity contribution < 1.29 is 13.2 Å². The molecule has 0 aliphatic rings. The zero-order valence-corrected chi connectivity index (χ0v) is 20.1. The molecule has 2 aromatic carbocycles. The van der Waals surface area contributed by atoms with Crippen molar-refractivity contribution in [2.75, 3.05) is 17.3 Å². The maximum atomic E-state index is 13.0. The van der Waals surface area contributed by atoms with Gasteiger partial charge in [-0.15, -0.1) is 0 Å². The average Bonchev–Trinajstić information content (AvgIpc) is 2.81. The van der Waals surface area contributed by atoms with Gasteiger partial charge in [0.2, 0.25) is 15.9 Å². The molecule has 0 aliphatic heterocycles. The fraction of sp³-hybridized carbons (Fsp3) is 0.208. The number of hydrogen-bond donors (Lipinski definition) is 2. The number of amides is 1. The molecule has 0 fully saturated rings. The standard InChI is InChI=1S/C24H26N4O3S2/c1-18-25-14-11-22(26-18)20-9-6-10-21(17-20)27-24(29)23(12-15-32-2)28-33(30,31)16-13-19-7-4-3-5-8-19/h3-11,13-14,16-17,23,28H,12,15H2,1-2H3,(H,27,29). The molecule has 33 heavy (non-hydrogen) atoms. The molecule has 0 spiro atoms. The molecule has 0 bridgehead atoms. The Bertz CT molecular complexity index is 1220. The zero-order valence-electron chi connectivity index (χ0n) is 18.4. The zero-order chi connectivity index (χ0) is 23.7. The number of carbonyl (C=O) groups is 1. The molecule has 0 aliphatic carbocycles. The third-order valence-corrected chi connectivity index (χ3v) is 6.43. The highest BCUT2D eigenvalue weighted by atomic mass is 32.2. The molecule has 3 aromatic rings. The van der Waals surface area contributed by atoms with Gasteiger partial charge >= 0.3 is 0 Å². The quantitative estimate of drug-likeness (QED) is 0.451. The summed E-state index contributed by atoms with van der Waals surface area (Å²) >= 11 is 1.54. The molecule has 172 valence electrons. The van der Waals surface area contributed by atoms with Crippen LogP contribution >= 0.6 is 11.8 Å². The molecule has 0 saturated carbocycles. The van der Waals surface area contributed by atoms with Crippen molar-refractivity contribution in [3.05, 3.63) is 83.7 Å². The van der Waals surface area contributed by atoms with Crippen molar-refractivity contribution in [3.8, 4) is 11.3 Å². The largest absolute Gasteiger partial charge is 0.325 e. The number of rotatable bonds is 10. The molecule has 1 aromatic heterocycles. The van der Waals surface area contributed by atoms with E-state index in [1.807, 2.05) is 43.5 Å². The van der Waals surface area contributed by atoms with Crippen LogP contribution in [0.25, 0.3) is 17.3 Å². The Balaban J connectivity index is 1.74. The van der Waals surface area contributed by atoms with E-state index in [9.17, 15) is 13.2 Å². The van der Waals surface area contributed by atoms with E-state index in [0.29, 0.717) is 23.7 Å². The summed E-state index contributed by atoms with van der Waals surface area (Å²) in [6, 6.07) is 17.2. The Morgan fingerprint density at radius 1 is 1.12 bits per heavy atom. The second kappa shape index (κ2) is 11.7. The van der Waals surface area contributed by atoms with Crippen molar-refractivity contribution in [2.45, 2.75) is 19.4 Å². The van der Waals surface area contributed by atoms with Crippen LogP contribution in [0.3, 0.4) is 0 Å². The number of hydrogen-bond acceptors (Lipinski definition) is 6. The number of aryl methyl sites for hydroxylation is 1. The average molecular weight is 483 g/mol. The normalized spacial score (nSPS) is 12.5. The van der Waals surface area contributed by atoms with Crippen molar-refractivity contribution >= 4 is 39.5 Å². The first-order valence-corrected chi connectivity index (χ1v) is 13.3. The number of aromatic nitrogens is 2. The van der Waals surface area contributed by atoms with Gasteiger partial charge in [-0.2, -0.15) is 16.5 Å². The molecule has 9 heteroatoms. The molecule has 0 radical (unpaired) electrons. The van der Waals surface area contributed by atoms with E-state index in [2.05, 4.69) is 20.0 Å². The van der Waals surface area contributed by atoms with Gasteiger partial charge in [-0.25, -0.2) is 18.4 Å². The Morgan fingerprint density at radius 2 is 1.91 bits per heavy atom. The highest BCUT2D eigenvalue weighted by molar-refractivity contribution is 7.98. The van der Waals surface area contributed by atoms with E-state index in [1.165, 1.54) is 6.08 Å². The van der Waals surface area contributed by atoms with Gasteiger partial charge in [0.1, 0.15) is 11.9 Å². The Kier molecular flexibility index (Phi) is 8.76. The van der Waals surface area contributed by atoms with E-state index < -0.39 is 22.0 Å². The SMILES string of the molecule is CSCCC(NS(=O)(=O)C=Cc1ccccc1)C(=O)Nc1cccc(-c2ccnc(C)n2)c1. The monoisotopic (exact) mass is 482 g/mol. The van der Waals surface area contributed by atoms with E-state index in [0.717, 1.165) is 22.2 Å². The summed E-state index contributed by atoms with van der Waals surface area (Å²) in [5, 5.41) is 3.91. The lowest BCUT2D eigenvalue weighted by Gasteiger charge is -2.17. The van der Waals surface area contributed by atoms with Gasteiger partial charge in [-0.3, -0.25) is 4.79 Å². The van der Waals surface area contributed by atoms with Crippen molar-refractivity contribution in [2.24, 2.45) is 0 Å². The number of thioether (sulfide) groups is 1. The maximum absolute atomic E-state index is 13.0. The van der Waals surface area contributed by atoms with Crippen LogP contribution in [0.15, 0.2) is 72.3 Å². The molecule has 7 nitrogen and oxygen atoms in total. The van der Waals surface area contributed by atoms with E-state index in [1.54, 1.807) is 48.3 Å². The predicted octanol–water partition coefficient (Wildman–Crippen LogP) is 4.10. The molecule has 1 unspecified atom stereocenters. The van der Waals surface area contributed by atoms with Crippen LogP contribution < -0.4 is 10.0 Å². The van der Waals surface area contributed by atoms with E-state index in [4.69, 9.17) is 0 Å². The number of nitrogens with zero attached hydrogens (tertiary/aromatic N) is 2. The number of anilines is 1. The second-order valence-electron chi connectivity index (χ2n) is 7.27. The lowest BCUT2D eigenvalue weighted by Crippen LogP contribution is -2.43. The summed E-state index contributed by atoms with van der Waals surface area (Å²) in [7, 11) is -3.82. The molecule has 1 atom stereocenters. The summed E-state index contributed by atoms with van der Waals surface area (Å²) in [5.74, 6) is 0.859. The number of benzene rings is 2. The second-order valence-corrected chi connectivity index (χ2v) is 9.85. The predicted molar refractivity (Wildman–Crippen MR) is 135 cm³/mol. The van der Waals surface area contributed by atoms with Crippen LogP contribution in [0.2, 0.25) is 0 Å². The van der Waals surface area contributed by atoms with E-state index >= 15 is 0 Å². The van der Waals surface area contributed by atoms with Gasteiger partial charge in [-0.1, -0.05) is 42.5 Å². The molecule has 1 amide bonds. The van der Waals surface area contributed by atoms with Gasteiger partial charge < -0.3 is 5.32 Å². The lowest BCUT2D eigenvalue weighted by molar-refractivity contribution is -0.117. The first-order chi connectivity index (χ1) is 15.9. The Morgan fingerprint density at radius 3 is 2.64 bits per heavy atom. The minimum atomic E-state index is -3.82. The first kappa shape index (κ1) is 24.6. The van der Waals surface area contributed by atoms with Gasteiger partial charge in [0.15, 0.2) is 0 Å². The third kappa shape index (κ3) is 7.81. The fourth-order valence-electron chi connectivity index (χ4n) is 3.05. The van der Waals surface area contributed by atoms with Crippen LogP contribution in [0.1, 0.15) is 17.8 Å². The van der Waals surface area contributed by atoms with Gasteiger partial charge in [0.05, 0.1) is 5.69 Å². The molecular weight excluding hydrogens is 456 g/mol.